The number of carbonyl (C=O) groups excluding carboxylic acids is 2. The molecule has 0 aliphatic rings. The Bertz CT molecular complexity index is 799. The van der Waals surface area contributed by atoms with Crippen molar-refractivity contribution >= 4 is 28.3 Å². The summed E-state index contributed by atoms with van der Waals surface area (Å²) in [5, 5.41) is 3.02. The van der Waals surface area contributed by atoms with Gasteiger partial charge in [0.1, 0.15) is 10.6 Å². The lowest BCUT2D eigenvalue weighted by Crippen LogP contribution is -2.20. The normalized spacial score (nSPS) is 10.7. The maximum Gasteiger partial charge on any atom is 0.350 e. The van der Waals surface area contributed by atoms with E-state index in [9.17, 15) is 9.59 Å². The van der Waals surface area contributed by atoms with E-state index in [0.29, 0.717) is 34.0 Å². The molecule has 6 nitrogen and oxygen atoms in total. The molecule has 26 heavy (non-hydrogen) atoms. The Balaban J connectivity index is 2.01. The molecule has 0 atom stereocenters. The van der Waals surface area contributed by atoms with Crippen LogP contribution in [0.5, 0.6) is 5.75 Å². The highest BCUT2D eigenvalue weighted by molar-refractivity contribution is 7.17. The number of hydrogen-bond donors (Lipinski definition) is 1. The first kappa shape index (κ1) is 19.9. The molecule has 1 amide bonds. The van der Waals surface area contributed by atoms with E-state index in [4.69, 9.17) is 9.47 Å². The fraction of sp³-hybridized carbons (Fsp3) is 0.421. The molecule has 1 heterocycles. The van der Waals surface area contributed by atoms with Crippen LogP contribution in [0.4, 0.5) is 5.13 Å². The summed E-state index contributed by atoms with van der Waals surface area (Å²) in [5.74, 6) is 0.242. The van der Waals surface area contributed by atoms with Crippen LogP contribution >= 0.6 is 11.3 Å². The van der Waals surface area contributed by atoms with Gasteiger partial charge in [0.25, 0.3) is 5.91 Å². The first-order valence-corrected chi connectivity index (χ1v) is 9.31. The van der Waals surface area contributed by atoms with Gasteiger partial charge in [0.15, 0.2) is 11.7 Å². The van der Waals surface area contributed by atoms with Crippen LogP contribution in [0.2, 0.25) is 0 Å². The van der Waals surface area contributed by atoms with E-state index >= 15 is 0 Å². The summed E-state index contributed by atoms with van der Waals surface area (Å²) in [4.78, 5) is 28.6. The molecule has 7 heteroatoms. The number of aromatic nitrogens is 1. The van der Waals surface area contributed by atoms with Crippen molar-refractivity contribution in [2.24, 2.45) is 0 Å². The van der Waals surface area contributed by atoms with E-state index in [-0.39, 0.29) is 12.5 Å². The fourth-order valence-electron chi connectivity index (χ4n) is 2.38. The molecule has 2 aromatic rings. The summed E-state index contributed by atoms with van der Waals surface area (Å²) in [6.45, 7) is 9.74. The molecule has 0 spiro atoms. The van der Waals surface area contributed by atoms with Gasteiger partial charge in [-0.3, -0.25) is 10.1 Å². The van der Waals surface area contributed by atoms with Gasteiger partial charge < -0.3 is 9.47 Å². The average Bonchev–Trinajstić information content (AvgIpc) is 2.93. The van der Waals surface area contributed by atoms with Crippen LogP contribution in [0.1, 0.15) is 53.2 Å². The quantitative estimate of drug-likeness (QED) is 0.737. The van der Waals surface area contributed by atoms with Crippen molar-refractivity contribution in [3.05, 3.63) is 39.9 Å². The Morgan fingerprint density at radius 2 is 2.00 bits per heavy atom. The van der Waals surface area contributed by atoms with Crippen LogP contribution in [-0.4, -0.2) is 30.1 Å². The van der Waals surface area contributed by atoms with Crippen LogP contribution in [0.3, 0.4) is 0 Å². The van der Waals surface area contributed by atoms with Crippen molar-refractivity contribution in [2.75, 3.05) is 18.5 Å². The fourth-order valence-corrected chi connectivity index (χ4v) is 3.25. The van der Waals surface area contributed by atoms with Crippen LogP contribution in [0, 0.1) is 13.8 Å². The van der Waals surface area contributed by atoms with Crippen molar-refractivity contribution in [3.8, 4) is 5.75 Å². The van der Waals surface area contributed by atoms with Crippen molar-refractivity contribution in [1.29, 1.82) is 0 Å². The van der Waals surface area contributed by atoms with Gasteiger partial charge in [-0.2, -0.15) is 0 Å². The van der Waals surface area contributed by atoms with Gasteiger partial charge in [-0.15, -0.1) is 0 Å². The lowest BCUT2D eigenvalue weighted by molar-refractivity contribution is -0.118. The summed E-state index contributed by atoms with van der Waals surface area (Å²) >= 11 is 1.09. The minimum atomic E-state index is -0.430. The number of rotatable bonds is 7. The maximum absolute atomic E-state index is 12.2. The van der Waals surface area contributed by atoms with Gasteiger partial charge in [0, 0.05) is 0 Å². The largest absolute Gasteiger partial charge is 0.483 e. The number of thiazole rings is 1. The number of benzene rings is 1. The number of anilines is 1. The zero-order valence-corrected chi connectivity index (χ0v) is 16.5. The Morgan fingerprint density at radius 3 is 2.65 bits per heavy atom. The van der Waals surface area contributed by atoms with Crippen LogP contribution < -0.4 is 10.1 Å². The van der Waals surface area contributed by atoms with Crippen LogP contribution in [-0.2, 0) is 9.53 Å². The highest BCUT2D eigenvalue weighted by atomic mass is 32.1. The maximum atomic E-state index is 12.2. The number of aryl methyl sites for hydroxylation is 2. The zero-order chi connectivity index (χ0) is 19.3. The summed E-state index contributed by atoms with van der Waals surface area (Å²) in [7, 11) is 0. The van der Waals surface area contributed by atoms with E-state index in [1.165, 1.54) is 0 Å². The second kappa shape index (κ2) is 8.80. The Morgan fingerprint density at radius 1 is 1.27 bits per heavy atom. The van der Waals surface area contributed by atoms with Gasteiger partial charge >= 0.3 is 5.97 Å². The number of nitrogens with one attached hydrogen (secondary N) is 1. The number of nitrogens with zero attached hydrogens (tertiary/aromatic N) is 1. The Hall–Kier alpha value is -2.41. The van der Waals surface area contributed by atoms with Crippen molar-refractivity contribution < 1.29 is 19.1 Å². The van der Waals surface area contributed by atoms with Crippen molar-refractivity contribution in [1.82, 2.24) is 4.98 Å². The molecule has 0 saturated heterocycles. The third-order valence-electron chi connectivity index (χ3n) is 3.65. The molecule has 0 aliphatic heterocycles. The second-order valence-corrected chi connectivity index (χ2v) is 7.19. The number of amides is 1. The van der Waals surface area contributed by atoms with E-state index < -0.39 is 5.97 Å². The van der Waals surface area contributed by atoms with Crippen molar-refractivity contribution in [3.63, 3.8) is 0 Å². The molecular formula is C19H24N2O4S. The number of carbonyl (C=O) groups is 2. The van der Waals surface area contributed by atoms with Gasteiger partial charge in [-0.05, 0) is 43.9 Å². The van der Waals surface area contributed by atoms with Gasteiger partial charge in [-0.1, -0.05) is 37.3 Å². The standard InChI is InChI=1S/C19H24N2O4S/c1-6-24-18(23)17-13(5)20-19(26-17)21-16(22)10-25-15-9-12(4)7-8-14(15)11(2)3/h7-9,11H,6,10H2,1-5H3,(H,20,21,22). The summed E-state index contributed by atoms with van der Waals surface area (Å²) in [6, 6.07) is 5.97. The highest BCUT2D eigenvalue weighted by Gasteiger charge is 2.18. The monoisotopic (exact) mass is 376 g/mol. The first-order chi connectivity index (χ1) is 12.3. The van der Waals surface area contributed by atoms with Gasteiger partial charge in [-0.25, -0.2) is 9.78 Å². The summed E-state index contributed by atoms with van der Waals surface area (Å²) < 4.78 is 10.7. The van der Waals surface area contributed by atoms with E-state index in [2.05, 4.69) is 24.1 Å². The summed E-state index contributed by atoms with van der Waals surface area (Å²) in [5.41, 5.74) is 2.66. The number of ether oxygens (including phenoxy) is 2. The molecule has 1 aromatic carbocycles. The summed E-state index contributed by atoms with van der Waals surface area (Å²) in [6.07, 6.45) is 0. The lowest BCUT2D eigenvalue weighted by atomic mass is 10.0. The molecule has 1 N–H and O–H groups in total. The van der Waals surface area contributed by atoms with Crippen LogP contribution in [0.25, 0.3) is 0 Å². The Labute approximate surface area is 157 Å². The molecule has 0 radical (unpaired) electrons. The average molecular weight is 376 g/mol. The molecule has 0 unspecified atom stereocenters. The molecule has 0 bridgehead atoms. The molecule has 1 aromatic heterocycles. The molecule has 2 rings (SSSR count). The third kappa shape index (κ3) is 5.05. The molecule has 0 aliphatic carbocycles. The zero-order valence-electron chi connectivity index (χ0n) is 15.7. The van der Waals surface area contributed by atoms with E-state index in [0.717, 1.165) is 22.5 Å². The molecule has 0 fully saturated rings. The minimum absolute atomic E-state index is 0.128. The number of esters is 1. The smallest absolute Gasteiger partial charge is 0.350 e. The molecular weight excluding hydrogens is 352 g/mol. The second-order valence-electron chi connectivity index (χ2n) is 6.19. The molecule has 140 valence electrons. The first-order valence-electron chi connectivity index (χ1n) is 8.49. The van der Waals surface area contributed by atoms with E-state index in [1.54, 1.807) is 13.8 Å². The van der Waals surface area contributed by atoms with Crippen LogP contribution in [0.15, 0.2) is 18.2 Å². The molecule has 0 saturated carbocycles. The predicted molar refractivity (Wildman–Crippen MR) is 102 cm³/mol. The van der Waals surface area contributed by atoms with Gasteiger partial charge in [0.05, 0.1) is 12.3 Å². The van der Waals surface area contributed by atoms with Gasteiger partial charge in [0.2, 0.25) is 0 Å². The minimum Gasteiger partial charge on any atom is -0.483 e. The highest BCUT2D eigenvalue weighted by Crippen LogP contribution is 2.28. The number of hydrogen-bond acceptors (Lipinski definition) is 6. The lowest BCUT2D eigenvalue weighted by Gasteiger charge is -2.14. The topological polar surface area (TPSA) is 77.5 Å². The van der Waals surface area contributed by atoms with E-state index in [1.807, 2.05) is 25.1 Å². The third-order valence-corrected chi connectivity index (χ3v) is 4.71. The SMILES string of the molecule is CCOC(=O)c1sc(NC(=O)COc2cc(C)ccc2C(C)C)nc1C. The van der Waals surface area contributed by atoms with Crippen molar-refractivity contribution in [2.45, 2.75) is 40.5 Å². The predicted octanol–water partition coefficient (Wildman–Crippen LogP) is 4.08. The Kier molecular flexibility index (Phi) is 6.74.